The van der Waals surface area contributed by atoms with Crippen LogP contribution in [0.25, 0.3) is 10.8 Å². The van der Waals surface area contributed by atoms with Gasteiger partial charge in [0.15, 0.2) is 23.0 Å². The number of methoxy groups -OCH3 is 1. The highest BCUT2D eigenvalue weighted by Crippen LogP contribution is 2.39. The van der Waals surface area contributed by atoms with Crippen molar-refractivity contribution in [2.45, 2.75) is 76.4 Å². The molecule has 1 aliphatic rings. The molecule has 10 heteroatoms. The molecule has 4 aromatic carbocycles. The van der Waals surface area contributed by atoms with Crippen molar-refractivity contribution in [1.29, 1.82) is 0 Å². The number of aromatic nitrogens is 1. The van der Waals surface area contributed by atoms with Gasteiger partial charge in [-0.3, -0.25) is 4.79 Å². The molecule has 0 bridgehead atoms. The van der Waals surface area contributed by atoms with Gasteiger partial charge in [-0.2, -0.15) is 0 Å². The second-order valence-corrected chi connectivity index (χ2v) is 13.6. The average molecular weight is 707 g/mol. The zero-order valence-electron chi connectivity index (χ0n) is 29.3. The summed E-state index contributed by atoms with van der Waals surface area (Å²) in [6, 6.07) is 22.8. The van der Waals surface area contributed by atoms with Gasteiger partial charge in [0.1, 0.15) is 17.4 Å². The number of phenolic OH excluding ortho intramolecular Hbond substituents is 4. The van der Waals surface area contributed by atoms with Crippen LogP contribution in [0.5, 0.6) is 34.5 Å². The molecule has 272 valence electrons. The van der Waals surface area contributed by atoms with Gasteiger partial charge in [-0.05, 0) is 139 Å². The predicted octanol–water partition coefficient (Wildman–Crippen LogP) is 7.88. The second kappa shape index (κ2) is 16.7. The number of benzene rings is 4. The summed E-state index contributed by atoms with van der Waals surface area (Å²) >= 11 is 0. The van der Waals surface area contributed by atoms with Gasteiger partial charge in [-0.25, -0.2) is 4.98 Å². The minimum Gasteiger partial charge on any atom is -0.508 e. The Balaban J connectivity index is 1.18. The molecule has 1 heterocycles. The van der Waals surface area contributed by atoms with Crippen molar-refractivity contribution < 1.29 is 39.8 Å². The summed E-state index contributed by atoms with van der Waals surface area (Å²) in [7, 11) is 1.48. The van der Waals surface area contributed by atoms with Gasteiger partial charge in [-0.1, -0.05) is 24.6 Å². The fourth-order valence-corrected chi connectivity index (χ4v) is 6.94. The monoisotopic (exact) mass is 706 g/mol. The number of hydrogen-bond acceptors (Lipinski definition) is 10. The van der Waals surface area contributed by atoms with E-state index in [-0.39, 0.29) is 59.9 Å². The summed E-state index contributed by atoms with van der Waals surface area (Å²) in [5.74, 6) is -0.112. The number of aromatic hydroxyl groups is 4. The highest BCUT2D eigenvalue weighted by Gasteiger charge is 2.28. The number of ether oxygens (including phenoxy) is 2. The molecule has 0 saturated heterocycles. The Labute approximate surface area is 303 Å². The lowest BCUT2D eigenvalue weighted by Crippen LogP contribution is -2.31. The maximum atomic E-state index is 14.0. The Kier molecular flexibility index (Phi) is 11.7. The third-order valence-corrected chi connectivity index (χ3v) is 9.85. The fraction of sp³-hybridized carbons (Fsp3) is 0.333. The van der Waals surface area contributed by atoms with Crippen molar-refractivity contribution in [3.05, 3.63) is 102 Å². The second-order valence-electron chi connectivity index (χ2n) is 13.6. The number of phenols is 4. The van der Waals surface area contributed by atoms with Gasteiger partial charge >= 0.3 is 0 Å². The number of pyridine rings is 1. The maximum absolute atomic E-state index is 14.0. The van der Waals surface area contributed by atoms with E-state index < -0.39 is 12.0 Å². The van der Waals surface area contributed by atoms with Crippen LogP contribution >= 0.6 is 0 Å². The Hall–Kier alpha value is -5.48. The van der Waals surface area contributed by atoms with Crippen LogP contribution in [0.2, 0.25) is 0 Å². The lowest BCUT2D eigenvalue weighted by atomic mass is 9.85. The Morgan fingerprint density at radius 1 is 0.808 bits per heavy atom. The van der Waals surface area contributed by atoms with Gasteiger partial charge < -0.3 is 40.3 Å². The van der Waals surface area contributed by atoms with Crippen LogP contribution in [0.3, 0.4) is 0 Å². The number of aliphatic hydroxyl groups excluding tert-OH is 1. The first-order chi connectivity index (χ1) is 25.1. The van der Waals surface area contributed by atoms with Crippen molar-refractivity contribution in [3.63, 3.8) is 0 Å². The molecule has 1 saturated carbocycles. The van der Waals surface area contributed by atoms with Crippen LogP contribution in [-0.2, 0) is 24.1 Å². The van der Waals surface area contributed by atoms with Gasteiger partial charge in [0, 0.05) is 24.2 Å². The van der Waals surface area contributed by atoms with E-state index >= 15 is 0 Å². The van der Waals surface area contributed by atoms with Gasteiger partial charge in [0.25, 0.3) is 0 Å². The number of fused-ring (bicyclic) bond motifs is 1. The van der Waals surface area contributed by atoms with Crippen molar-refractivity contribution in [1.82, 2.24) is 4.98 Å². The first-order valence-electron chi connectivity index (χ1n) is 17.9. The summed E-state index contributed by atoms with van der Waals surface area (Å²) in [5, 5.41) is 57.6. The number of aryl methyl sites for hydroxylation is 2. The lowest BCUT2D eigenvalue weighted by Gasteiger charge is -2.24. The minimum absolute atomic E-state index is 0.0255. The molecule has 1 aliphatic carbocycles. The smallest absolute Gasteiger partial charge is 0.200 e. The van der Waals surface area contributed by atoms with Crippen molar-refractivity contribution >= 4 is 28.1 Å². The number of rotatable bonds is 15. The molecule has 52 heavy (non-hydrogen) atoms. The van der Waals surface area contributed by atoms with E-state index in [0.29, 0.717) is 30.0 Å². The summed E-state index contributed by atoms with van der Waals surface area (Å²) in [4.78, 5) is 18.5. The molecule has 5 aromatic rings. The molecule has 0 radical (unpaired) electrons. The van der Waals surface area contributed by atoms with Gasteiger partial charge in [0.05, 0.1) is 19.3 Å². The third-order valence-electron chi connectivity index (χ3n) is 9.85. The zero-order chi connectivity index (χ0) is 36.6. The largest absolute Gasteiger partial charge is 0.508 e. The van der Waals surface area contributed by atoms with Crippen LogP contribution in [0.1, 0.15) is 61.6 Å². The number of hydrogen-bond donors (Lipinski definition) is 6. The van der Waals surface area contributed by atoms with E-state index in [1.165, 1.54) is 13.2 Å². The van der Waals surface area contributed by atoms with Crippen LogP contribution in [0.4, 0.5) is 11.5 Å². The highest BCUT2D eigenvalue weighted by atomic mass is 16.5. The van der Waals surface area contributed by atoms with Crippen molar-refractivity contribution in [2.24, 2.45) is 5.92 Å². The van der Waals surface area contributed by atoms with E-state index in [1.807, 2.05) is 36.4 Å². The van der Waals surface area contributed by atoms with E-state index in [0.717, 1.165) is 59.7 Å². The summed E-state index contributed by atoms with van der Waals surface area (Å²) in [6.07, 6.45) is 7.11. The van der Waals surface area contributed by atoms with Crippen LogP contribution in [0.15, 0.2) is 85.1 Å². The van der Waals surface area contributed by atoms with E-state index in [4.69, 9.17) is 9.47 Å². The highest BCUT2D eigenvalue weighted by molar-refractivity contribution is 5.87. The molecule has 1 aromatic heterocycles. The molecule has 10 nitrogen and oxygen atoms in total. The third kappa shape index (κ3) is 9.24. The molecule has 0 aliphatic heterocycles. The quantitative estimate of drug-likeness (QED) is 0.0591. The molecule has 2 unspecified atom stereocenters. The van der Waals surface area contributed by atoms with E-state index in [1.54, 1.807) is 42.6 Å². The van der Waals surface area contributed by atoms with Crippen LogP contribution < -0.4 is 14.8 Å². The lowest BCUT2D eigenvalue weighted by molar-refractivity contribution is -0.126. The Bertz CT molecular complexity index is 2010. The fourth-order valence-electron chi connectivity index (χ4n) is 6.94. The first kappa shape index (κ1) is 36.3. The molecule has 6 N–H and O–H groups in total. The molecule has 2 atom stereocenters. The van der Waals surface area contributed by atoms with Crippen molar-refractivity contribution in [3.8, 4) is 34.5 Å². The molecular formula is C42H46N2O8. The molecule has 1 fully saturated rings. The van der Waals surface area contributed by atoms with Crippen molar-refractivity contribution in [2.75, 3.05) is 12.4 Å². The van der Waals surface area contributed by atoms with Crippen LogP contribution in [-0.4, -0.2) is 55.6 Å². The number of nitrogens with zero attached hydrogens (tertiary/aromatic N) is 1. The first-order valence-corrected chi connectivity index (χ1v) is 17.9. The zero-order valence-corrected chi connectivity index (χ0v) is 29.3. The van der Waals surface area contributed by atoms with E-state index in [9.17, 15) is 30.3 Å². The number of ketones is 1. The summed E-state index contributed by atoms with van der Waals surface area (Å²) < 4.78 is 11.3. The maximum Gasteiger partial charge on any atom is 0.200 e. The molecule has 0 amide bonds. The minimum atomic E-state index is -0.979. The SMILES string of the molecule is COc1cc(CCC(O)C(Cc2ccnc(Nc3ccc4cc(O)ccc4c3)c2)C(=O)CCc2cc(O)c(O)c(OC3CCCCC3)c2)ccc1O. The normalized spacial score (nSPS) is 14.5. The average Bonchev–Trinajstić information content (AvgIpc) is 3.15. The molecule has 6 rings (SSSR count). The number of aliphatic hydroxyl groups is 1. The number of carbonyl (C=O) groups is 1. The van der Waals surface area contributed by atoms with Crippen LogP contribution in [0, 0.1) is 5.92 Å². The number of nitrogens with one attached hydrogen (secondary N) is 1. The Morgan fingerprint density at radius 2 is 1.58 bits per heavy atom. The number of carbonyl (C=O) groups excluding carboxylic acids is 1. The number of Topliss-reactive ketones (excluding diaryl/α,β-unsaturated/α-hetero) is 1. The standard InChI is InChI=1S/C42H46N2O8/c1-51-39-21-26(8-16-37(39)48)7-14-35(46)34(36(47)15-9-27-20-38(49)42(50)40(22-27)52-33-5-3-2-4-6-33)19-28-17-18-43-41(23-28)44-31-12-10-30-25-32(45)13-11-29(30)24-31/h8,10-13,16-18,20-25,33-35,45-46,48-50H,2-7,9,14-15,19H2,1H3,(H,43,44). The Morgan fingerprint density at radius 3 is 2.38 bits per heavy atom. The molecular weight excluding hydrogens is 660 g/mol. The van der Waals surface area contributed by atoms with Gasteiger partial charge in [-0.15, -0.1) is 0 Å². The number of anilines is 2. The predicted molar refractivity (Wildman–Crippen MR) is 200 cm³/mol. The summed E-state index contributed by atoms with van der Waals surface area (Å²) in [5.41, 5.74) is 3.13. The summed E-state index contributed by atoms with van der Waals surface area (Å²) in [6.45, 7) is 0. The van der Waals surface area contributed by atoms with Gasteiger partial charge in [0.2, 0.25) is 5.75 Å². The molecule has 0 spiro atoms. The van der Waals surface area contributed by atoms with E-state index in [2.05, 4.69) is 10.3 Å². The topological polar surface area (TPSA) is 162 Å².